The molecule has 4 heteroatoms. The number of aliphatic hydroxyl groups is 1. The van der Waals surface area contributed by atoms with Gasteiger partial charge in [-0.3, -0.25) is 0 Å². The zero-order valence-electron chi connectivity index (χ0n) is 10.7. The molecule has 0 amide bonds. The van der Waals surface area contributed by atoms with Gasteiger partial charge >= 0.3 is 0 Å². The van der Waals surface area contributed by atoms with Crippen LogP contribution in [0, 0.1) is 5.92 Å². The molecule has 0 spiro atoms. The quantitative estimate of drug-likeness (QED) is 0.911. The summed E-state index contributed by atoms with van der Waals surface area (Å²) in [6.07, 6.45) is 1.71. The van der Waals surface area contributed by atoms with Gasteiger partial charge in [-0.25, -0.2) is 0 Å². The second-order valence-electron chi connectivity index (χ2n) is 4.97. The number of aliphatic hydroxyl groups excluding tert-OH is 1. The van der Waals surface area contributed by atoms with Gasteiger partial charge in [0.1, 0.15) is 12.4 Å². The Balaban J connectivity index is 1.77. The first-order valence-corrected chi connectivity index (χ1v) is 6.78. The van der Waals surface area contributed by atoms with Crippen molar-refractivity contribution in [3.8, 4) is 5.75 Å². The highest BCUT2D eigenvalue weighted by Crippen LogP contribution is 2.21. The maximum atomic E-state index is 10.1. The van der Waals surface area contributed by atoms with Crippen molar-refractivity contribution in [3.63, 3.8) is 0 Å². The molecule has 1 aromatic rings. The molecule has 0 aliphatic carbocycles. The van der Waals surface area contributed by atoms with Gasteiger partial charge in [-0.2, -0.15) is 0 Å². The predicted octanol–water partition coefficient (Wildman–Crippen LogP) is 2.42. The summed E-state index contributed by atoms with van der Waals surface area (Å²) in [7, 11) is 2.12. The molecule has 0 radical (unpaired) electrons. The molecule has 1 aliphatic rings. The van der Waals surface area contributed by atoms with Gasteiger partial charge in [0.2, 0.25) is 0 Å². The fourth-order valence-electron chi connectivity index (χ4n) is 2.26. The van der Waals surface area contributed by atoms with Crippen LogP contribution in [0.1, 0.15) is 12.8 Å². The molecule has 0 saturated carbocycles. The van der Waals surface area contributed by atoms with Crippen LogP contribution >= 0.6 is 11.6 Å². The van der Waals surface area contributed by atoms with Crippen LogP contribution in [-0.4, -0.2) is 42.9 Å². The van der Waals surface area contributed by atoms with Crippen molar-refractivity contribution >= 4 is 11.6 Å². The summed E-state index contributed by atoms with van der Waals surface area (Å²) in [6, 6.07) is 7.23. The molecule has 1 N–H and O–H groups in total. The van der Waals surface area contributed by atoms with Crippen LogP contribution in [0.5, 0.6) is 5.75 Å². The largest absolute Gasteiger partial charge is 0.491 e. The first-order valence-electron chi connectivity index (χ1n) is 6.40. The van der Waals surface area contributed by atoms with E-state index in [0.717, 1.165) is 31.7 Å². The lowest BCUT2D eigenvalue weighted by molar-refractivity contribution is 0.0298. The lowest BCUT2D eigenvalue weighted by Crippen LogP contribution is -2.37. The summed E-state index contributed by atoms with van der Waals surface area (Å²) in [6.45, 7) is 2.47. The molecule has 2 rings (SSSR count). The molecule has 1 unspecified atom stereocenters. The van der Waals surface area contributed by atoms with Crippen LogP contribution in [0.15, 0.2) is 24.3 Å². The fraction of sp³-hybridized carbons (Fsp3) is 0.571. The number of hydrogen-bond donors (Lipinski definition) is 1. The van der Waals surface area contributed by atoms with Gasteiger partial charge in [-0.1, -0.05) is 11.6 Å². The Morgan fingerprint density at radius 3 is 2.56 bits per heavy atom. The van der Waals surface area contributed by atoms with Gasteiger partial charge in [0.25, 0.3) is 0 Å². The Morgan fingerprint density at radius 1 is 1.33 bits per heavy atom. The van der Waals surface area contributed by atoms with Crippen LogP contribution in [0.2, 0.25) is 5.02 Å². The topological polar surface area (TPSA) is 32.7 Å². The molecule has 1 fully saturated rings. The van der Waals surface area contributed by atoms with Crippen molar-refractivity contribution in [2.75, 3.05) is 26.7 Å². The zero-order valence-corrected chi connectivity index (χ0v) is 11.4. The van der Waals surface area contributed by atoms with Crippen LogP contribution < -0.4 is 4.74 Å². The fourth-order valence-corrected chi connectivity index (χ4v) is 2.39. The van der Waals surface area contributed by atoms with E-state index in [1.807, 2.05) is 12.1 Å². The van der Waals surface area contributed by atoms with Crippen molar-refractivity contribution in [2.45, 2.75) is 18.9 Å². The average Bonchev–Trinajstić information content (AvgIpc) is 2.38. The molecule has 1 heterocycles. The number of halogens is 1. The maximum Gasteiger partial charge on any atom is 0.119 e. The van der Waals surface area contributed by atoms with E-state index in [-0.39, 0.29) is 6.10 Å². The van der Waals surface area contributed by atoms with Crippen LogP contribution in [-0.2, 0) is 0 Å². The Bertz CT molecular complexity index is 361. The Kier molecular flexibility index (Phi) is 4.87. The lowest BCUT2D eigenvalue weighted by Gasteiger charge is -2.31. The van der Waals surface area contributed by atoms with Crippen molar-refractivity contribution < 1.29 is 9.84 Å². The number of benzene rings is 1. The molecule has 18 heavy (non-hydrogen) atoms. The molecule has 1 aliphatic heterocycles. The van der Waals surface area contributed by atoms with E-state index in [0.29, 0.717) is 17.5 Å². The Labute approximate surface area is 113 Å². The molecule has 1 aromatic carbocycles. The molecule has 3 nitrogen and oxygen atoms in total. The van der Waals surface area contributed by atoms with Crippen LogP contribution in [0.25, 0.3) is 0 Å². The van der Waals surface area contributed by atoms with Gasteiger partial charge in [0.15, 0.2) is 0 Å². The van der Waals surface area contributed by atoms with Crippen molar-refractivity contribution in [2.24, 2.45) is 5.92 Å². The van der Waals surface area contributed by atoms with Gasteiger partial charge in [-0.05, 0) is 63.2 Å². The first kappa shape index (κ1) is 13.7. The van der Waals surface area contributed by atoms with E-state index >= 15 is 0 Å². The van der Waals surface area contributed by atoms with E-state index in [4.69, 9.17) is 16.3 Å². The van der Waals surface area contributed by atoms with Crippen molar-refractivity contribution in [3.05, 3.63) is 29.3 Å². The van der Waals surface area contributed by atoms with Gasteiger partial charge in [0, 0.05) is 5.02 Å². The third-order valence-corrected chi connectivity index (χ3v) is 3.79. The molecular weight excluding hydrogens is 250 g/mol. The number of hydrogen-bond acceptors (Lipinski definition) is 3. The van der Waals surface area contributed by atoms with Crippen molar-refractivity contribution in [1.29, 1.82) is 0 Å². The summed E-state index contributed by atoms with van der Waals surface area (Å²) in [5.41, 5.74) is 0. The summed E-state index contributed by atoms with van der Waals surface area (Å²) >= 11 is 5.80. The maximum absolute atomic E-state index is 10.1. The molecule has 0 aromatic heterocycles. The zero-order chi connectivity index (χ0) is 13.0. The average molecular weight is 270 g/mol. The van der Waals surface area contributed by atoms with Crippen LogP contribution in [0.4, 0.5) is 0 Å². The summed E-state index contributed by atoms with van der Waals surface area (Å²) in [5.74, 6) is 1.11. The van der Waals surface area contributed by atoms with Crippen LogP contribution in [0.3, 0.4) is 0 Å². The van der Waals surface area contributed by atoms with E-state index in [1.54, 1.807) is 12.1 Å². The highest BCUT2D eigenvalue weighted by atomic mass is 35.5. The molecular formula is C14H20ClNO2. The summed E-state index contributed by atoms with van der Waals surface area (Å²) < 4.78 is 5.58. The minimum absolute atomic E-state index is 0.355. The highest BCUT2D eigenvalue weighted by molar-refractivity contribution is 6.30. The molecule has 100 valence electrons. The minimum atomic E-state index is -0.380. The Hall–Kier alpha value is -0.770. The SMILES string of the molecule is CN1CCC(C(O)COc2ccc(Cl)cc2)CC1. The second kappa shape index (κ2) is 6.41. The summed E-state index contributed by atoms with van der Waals surface area (Å²) in [4.78, 5) is 2.29. The highest BCUT2D eigenvalue weighted by Gasteiger charge is 2.24. The van der Waals surface area contributed by atoms with Gasteiger partial charge in [0.05, 0.1) is 6.10 Å². The number of piperidine rings is 1. The van der Waals surface area contributed by atoms with E-state index in [9.17, 15) is 5.11 Å². The third kappa shape index (κ3) is 3.87. The van der Waals surface area contributed by atoms with E-state index in [2.05, 4.69) is 11.9 Å². The predicted molar refractivity (Wildman–Crippen MR) is 73.2 cm³/mol. The molecule has 1 atom stereocenters. The summed E-state index contributed by atoms with van der Waals surface area (Å²) in [5, 5.41) is 10.8. The lowest BCUT2D eigenvalue weighted by atomic mass is 9.92. The second-order valence-corrected chi connectivity index (χ2v) is 5.41. The number of likely N-dealkylation sites (tertiary alicyclic amines) is 1. The Morgan fingerprint density at radius 2 is 1.94 bits per heavy atom. The number of ether oxygens (including phenoxy) is 1. The monoisotopic (exact) mass is 269 g/mol. The molecule has 1 saturated heterocycles. The van der Waals surface area contributed by atoms with E-state index < -0.39 is 0 Å². The van der Waals surface area contributed by atoms with Crippen molar-refractivity contribution in [1.82, 2.24) is 4.90 Å². The number of nitrogens with zero attached hydrogens (tertiary/aromatic N) is 1. The van der Waals surface area contributed by atoms with Gasteiger partial charge < -0.3 is 14.7 Å². The van der Waals surface area contributed by atoms with Gasteiger partial charge in [-0.15, -0.1) is 0 Å². The minimum Gasteiger partial charge on any atom is -0.491 e. The molecule has 0 bridgehead atoms. The standard InChI is InChI=1S/C14H20ClNO2/c1-16-8-6-11(7-9-16)14(17)10-18-13-4-2-12(15)3-5-13/h2-5,11,14,17H,6-10H2,1H3. The first-order chi connectivity index (χ1) is 8.65. The normalized spacial score (nSPS) is 19.7. The smallest absolute Gasteiger partial charge is 0.119 e. The third-order valence-electron chi connectivity index (χ3n) is 3.54. The van der Waals surface area contributed by atoms with E-state index in [1.165, 1.54) is 0 Å². The number of rotatable bonds is 4.